The van der Waals surface area contributed by atoms with E-state index in [-0.39, 0.29) is 29.3 Å². The number of pyridine rings is 1. The molecule has 8 nitrogen and oxygen atoms in total. The number of rotatable bonds is 4. The SMILES string of the molecule is Cc1cc(C)c2c(c1)[C@]1(C(=O)N2)[C@H](C(=O)c2cccnc2)[C@H](c2ccc([N+](=O)[O-])cc2)[C@@H]2CSCN21. The van der Waals surface area contributed by atoms with E-state index >= 15 is 0 Å². The number of benzene rings is 2. The van der Waals surface area contributed by atoms with E-state index in [0.717, 1.165) is 33.7 Å². The number of non-ortho nitro benzene ring substituents is 1. The number of ketones is 1. The fourth-order valence-corrected chi connectivity index (χ4v) is 7.74. The number of nitrogens with zero attached hydrogens (tertiary/aromatic N) is 3. The highest BCUT2D eigenvalue weighted by atomic mass is 32.2. The molecular weight excluding hydrogens is 476 g/mol. The molecule has 3 aliphatic heterocycles. The van der Waals surface area contributed by atoms with Crippen LogP contribution in [-0.4, -0.2) is 44.2 Å². The number of anilines is 1. The number of nitrogens with one attached hydrogen (secondary N) is 1. The predicted octanol–water partition coefficient (Wildman–Crippen LogP) is 4.43. The first kappa shape index (κ1) is 22.9. The minimum atomic E-state index is -1.18. The van der Waals surface area contributed by atoms with E-state index in [1.54, 1.807) is 48.4 Å². The number of hydrogen-bond acceptors (Lipinski definition) is 7. The summed E-state index contributed by atoms with van der Waals surface area (Å²) >= 11 is 1.74. The van der Waals surface area contributed by atoms with Gasteiger partial charge >= 0.3 is 0 Å². The van der Waals surface area contributed by atoms with Gasteiger partial charge in [0.15, 0.2) is 5.78 Å². The maximum absolute atomic E-state index is 14.4. The van der Waals surface area contributed by atoms with Gasteiger partial charge in [-0.1, -0.05) is 29.8 Å². The number of nitro benzene ring substituents is 1. The van der Waals surface area contributed by atoms with Crippen LogP contribution in [0.1, 0.15) is 38.5 Å². The van der Waals surface area contributed by atoms with Gasteiger partial charge in [0.1, 0.15) is 5.54 Å². The number of amides is 1. The molecule has 182 valence electrons. The molecule has 4 atom stereocenters. The molecule has 36 heavy (non-hydrogen) atoms. The fourth-order valence-electron chi connectivity index (χ4n) is 6.41. The zero-order chi connectivity index (χ0) is 25.2. The van der Waals surface area contributed by atoms with Crippen molar-refractivity contribution in [2.75, 3.05) is 16.9 Å². The molecule has 3 aliphatic rings. The maximum Gasteiger partial charge on any atom is 0.269 e. The monoisotopic (exact) mass is 500 g/mol. The molecule has 0 aliphatic carbocycles. The van der Waals surface area contributed by atoms with Crippen molar-refractivity contribution < 1.29 is 14.5 Å². The molecule has 1 amide bonds. The summed E-state index contributed by atoms with van der Waals surface area (Å²) in [4.78, 5) is 45.7. The minimum absolute atomic E-state index is 0.00514. The Kier molecular flexibility index (Phi) is 5.24. The van der Waals surface area contributed by atoms with Crippen molar-refractivity contribution in [1.82, 2.24) is 9.88 Å². The van der Waals surface area contributed by atoms with Crippen LogP contribution in [0.3, 0.4) is 0 Å². The van der Waals surface area contributed by atoms with Crippen molar-refractivity contribution in [2.24, 2.45) is 5.92 Å². The molecule has 2 fully saturated rings. The summed E-state index contributed by atoms with van der Waals surface area (Å²) in [5.74, 6) is -0.0146. The molecule has 6 rings (SSSR count). The first-order valence-electron chi connectivity index (χ1n) is 11.8. The summed E-state index contributed by atoms with van der Waals surface area (Å²) in [6.07, 6.45) is 3.17. The molecule has 0 saturated carbocycles. The number of fused-ring (bicyclic) bond motifs is 4. The largest absolute Gasteiger partial charge is 0.324 e. The van der Waals surface area contributed by atoms with E-state index in [9.17, 15) is 19.7 Å². The van der Waals surface area contributed by atoms with Gasteiger partial charge in [0.05, 0.1) is 10.8 Å². The zero-order valence-corrected chi connectivity index (χ0v) is 20.6. The van der Waals surface area contributed by atoms with Crippen LogP contribution in [0.15, 0.2) is 60.9 Å². The number of aromatic nitrogens is 1. The Labute approximate surface area is 212 Å². The lowest BCUT2D eigenvalue weighted by atomic mass is 9.69. The summed E-state index contributed by atoms with van der Waals surface area (Å²) in [7, 11) is 0. The number of carbonyl (C=O) groups excluding carboxylic acids is 2. The van der Waals surface area contributed by atoms with Crippen LogP contribution in [0.5, 0.6) is 0 Å². The smallest absolute Gasteiger partial charge is 0.269 e. The number of Topliss-reactive ketones (excluding diaryl/α,β-unsaturated/α-hetero) is 1. The topological polar surface area (TPSA) is 105 Å². The molecule has 1 N–H and O–H groups in total. The van der Waals surface area contributed by atoms with Gasteiger partial charge in [-0.25, -0.2) is 0 Å². The first-order chi connectivity index (χ1) is 17.3. The van der Waals surface area contributed by atoms with Crippen LogP contribution in [0.4, 0.5) is 11.4 Å². The van der Waals surface area contributed by atoms with Gasteiger partial charge in [0, 0.05) is 64.9 Å². The van der Waals surface area contributed by atoms with Crippen LogP contribution >= 0.6 is 11.8 Å². The second kappa shape index (κ2) is 8.25. The summed E-state index contributed by atoms with van der Waals surface area (Å²) in [6, 6.07) is 13.9. The van der Waals surface area contributed by atoms with E-state index in [1.807, 2.05) is 26.0 Å². The highest BCUT2D eigenvalue weighted by molar-refractivity contribution is 7.99. The third kappa shape index (κ3) is 3.09. The van der Waals surface area contributed by atoms with Gasteiger partial charge in [0.2, 0.25) is 5.91 Å². The molecule has 0 unspecified atom stereocenters. The number of carbonyl (C=O) groups is 2. The van der Waals surface area contributed by atoms with Gasteiger partial charge in [0.25, 0.3) is 5.69 Å². The van der Waals surface area contributed by atoms with Crippen LogP contribution in [0.25, 0.3) is 0 Å². The van der Waals surface area contributed by atoms with E-state index in [4.69, 9.17) is 0 Å². The van der Waals surface area contributed by atoms with Crippen LogP contribution in [-0.2, 0) is 10.3 Å². The Morgan fingerprint density at radius 2 is 2.00 bits per heavy atom. The molecule has 2 aromatic carbocycles. The van der Waals surface area contributed by atoms with Crippen LogP contribution in [0, 0.1) is 29.9 Å². The number of nitro groups is 1. The molecule has 0 bridgehead atoms. The quantitative estimate of drug-likeness (QED) is 0.321. The van der Waals surface area contributed by atoms with E-state index in [0.29, 0.717) is 11.4 Å². The zero-order valence-electron chi connectivity index (χ0n) is 19.8. The van der Waals surface area contributed by atoms with E-state index in [2.05, 4.69) is 15.2 Å². The molecule has 2 saturated heterocycles. The second-order valence-electron chi connectivity index (χ2n) is 9.72. The summed E-state index contributed by atoms with van der Waals surface area (Å²) in [5, 5.41) is 14.4. The molecule has 9 heteroatoms. The Balaban J connectivity index is 1.62. The predicted molar refractivity (Wildman–Crippen MR) is 137 cm³/mol. The third-order valence-corrected chi connectivity index (χ3v) is 8.83. The van der Waals surface area contributed by atoms with Crippen molar-refractivity contribution in [1.29, 1.82) is 0 Å². The summed E-state index contributed by atoms with van der Waals surface area (Å²) in [5.41, 5.74) is 3.69. The van der Waals surface area contributed by atoms with Gasteiger partial charge in [-0.3, -0.25) is 29.6 Å². The first-order valence-corrected chi connectivity index (χ1v) is 13.0. The second-order valence-corrected chi connectivity index (χ2v) is 10.7. The van der Waals surface area contributed by atoms with E-state index < -0.39 is 16.4 Å². The lowest BCUT2D eigenvalue weighted by Gasteiger charge is -2.36. The van der Waals surface area contributed by atoms with Crippen molar-refractivity contribution in [3.05, 3.63) is 98.9 Å². The Hall–Kier alpha value is -3.56. The lowest BCUT2D eigenvalue weighted by Crippen LogP contribution is -2.52. The maximum atomic E-state index is 14.4. The molecule has 1 aromatic heterocycles. The highest BCUT2D eigenvalue weighted by Crippen LogP contribution is 2.61. The van der Waals surface area contributed by atoms with Crippen molar-refractivity contribution >= 4 is 34.8 Å². The van der Waals surface area contributed by atoms with Crippen LogP contribution in [0.2, 0.25) is 0 Å². The van der Waals surface area contributed by atoms with Crippen molar-refractivity contribution in [3.8, 4) is 0 Å². The van der Waals surface area contributed by atoms with Gasteiger partial charge in [-0.15, -0.1) is 11.8 Å². The van der Waals surface area contributed by atoms with Crippen molar-refractivity contribution in [2.45, 2.75) is 31.3 Å². The van der Waals surface area contributed by atoms with Crippen molar-refractivity contribution in [3.63, 3.8) is 0 Å². The molecule has 0 radical (unpaired) electrons. The fraction of sp³-hybridized carbons (Fsp3) is 0.296. The van der Waals surface area contributed by atoms with E-state index in [1.165, 1.54) is 12.1 Å². The molecule has 4 heterocycles. The number of aryl methyl sites for hydroxylation is 2. The van der Waals surface area contributed by atoms with Gasteiger partial charge in [-0.2, -0.15) is 0 Å². The molecule has 3 aromatic rings. The van der Waals surface area contributed by atoms with Gasteiger partial charge < -0.3 is 5.32 Å². The number of thioether (sulfide) groups is 1. The Bertz CT molecular complexity index is 1410. The molecule has 1 spiro atoms. The Morgan fingerprint density at radius 3 is 2.69 bits per heavy atom. The average Bonchev–Trinajstić information content (AvgIpc) is 3.53. The highest BCUT2D eigenvalue weighted by Gasteiger charge is 2.69. The number of hydrogen-bond donors (Lipinski definition) is 1. The summed E-state index contributed by atoms with van der Waals surface area (Å²) in [6.45, 7) is 3.97. The Morgan fingerprint density at radius 1 is 1.22 bits per heavy atom. The van der Waals surface area contributed by atoms with Crippen LogP contribution < -0.4 is 5.32 Å². The molecular formula is C27H24N4O4S. The lowest BCUT2D eigenvalue weighted by molar-refractivity contribution is -0.384. The van der Waals surface area contributed by atoms with Gasteiger partial charge in [-0.05, 0) is 37.1 Å². The minimum Gasteiger partial charge on any atom is -0.324 e. The summed E-state index contributed by atoms with van der Waals surface area (Å²) < 4.78 is 0. The third-order valence-electron chi connectivity index (χ3n) is 7.79. The standard InChI is InChI=1S/C27H24N4O4S/c1-15-10-16(2)24-20(11-15)27(26(33)29-24)23(25(32)18-4-3-9-28-12-18)22(21-13-36-14-30(21)27)17-5-7-19(8-6-17)31(34)35/h3-12,21-23H,13-14H2,1-2H3,(H,29,33)/t21-,22+,23-,27+/m0/s1. The normalized spacial score (nSPS) is 26.6. The average molecular weight is 501 g/mol.